The summed E-state index contributed by atoms with van der Waals surface area (Å²) < 4.78 is 0. The summed E-state index contributed by atoms with van der Waals surface area (Å²) in [4.78, 5) is 29.0. The van der Waals surface area contributed by atoms with E-state index in [0.29, 0.717) is 17.3 Å². The fourth-order valence-corrected chi connectivity index (χ4v) is 1.39. The largest absolute Gasteiger partial charge is 0.343 e. The Morgan fingerprint density at radius 2 is 1.90 bits per heavy atom. The quantitative estimate of drug-likeness (QED) is 0.884. The standard InChI is InChI=1S/C14H22N4O2/c1-9(2)10(3)16-14(20)17-11-6-7-15-12(8-11)13(19)18(4)5/h6-10H,1-5H3,(H2,15,16,17,20)/t10-/m1/s1. The predicted molar refractivity (Wildman–Crippen MR) is 78.7 cm³/mol. The zero-order valence-corrected chi connectivity index (χ0v) is 12.6. The van der Waals surface area contributed by atoms with Crippen LogP contribution < -0.4 is 10.6 Å². The fourth-order valence-electron chi connectivity index (χ4n) is 1.39. The van der Waals surface area contributed by atoms with Gasteiger partial charge in [0.05, 0.1) is 0 Å². The minimum atomic E-state index is -0.291. The van der Waals surface area contributed by atoms with E-state index in [1.807, 2.05) is 20.8 Å². The van der Waals surface area contributed by atoms with Crippen molar-refractivity contribution in [3.05, 3.63) is 24.0 Å². The zero-order valence-electron chi connectivity index (χ0n) is 12.6. The van der Waals surface area contributed by atoms with Gasteiger partial charge in [0.15, 0.2) is 0 Å². The Labute approximate surface area is 119 Å². The van der Waals surface area contributed by atoms with Crippen LogP contribution >= 0.6 is 0 Å². The van der Waals surface area contributed by atoms with Crippen LogP contribution in [0.2, 0.25) is 0 Å². The van der Waals surface area contributed by atoms with Crippen molar-refractivity contribution in [1.82, 2.24) is 15.2 Å². The molecule has 1 rings (SSSR count). The number of nitrogens with one attached hydrogen (secondary N) is 2. The van der Waals surface area contributed by atoms with E-state index in [1.165, 1.54) is 11.1 Å². The van der Waals surface area contributed by atoms with Crippen molar-refractivity contribution >= 4 is 17.6 Å². The summed E-state index contributed by atoms with van der Waals surface area (Å²) in [5.74, 6) is 0.147. The number of urea groups is 1. The normalized spacial score (nSPS) is 11.9. The van der Waals surface area contributed by atoms with Crippen LogP contribution in [0.15, 0.2) is 18.3 Å². The molecular formula is C14H22N4O2. The minimum Gasteiger partial charge on any atom is -0.343 e. The molecule has 0 aliphatic heterocycles. The van der Waals surface area contributed by atoms with Crippen LogP contribution in [0.25, 0.3) is 0 Å². The lowest BCUT2D eigenvalue weighted by atomic mass is 10.1. The maximum absolute atomic E-state index is 11.8. The van der Waals surface area contributed by atoms with Crippen molar-refractivity contribution < 1.29 is 9.59 Å². The van der Waals surface area contributed by atoms with Crippen molar-refractivity contribution in [2.24, 2.45) is 5.92 Å². The van der Waals surface area contributed by atoms with Gasteiger partial charge in [0, 0.05) is 32.0 Å². The Kier molecular flexibility index (Phi) is 5.49. The van der Waals surface area contributed by atoms with Crippen LogP contribution in [0.1, 0.15) is 31.3 Å². The van der Waals surface area contributed by atoms with Gasteiger partial charge in [0.25, 0.3) is 5.91 Å². The Bertz CT molecular complexity index is 486. The third kappa shape index (κ3) is 4.53. The first kappa shape index (κ1) is 15.9. The molecule has 0 bridgehead atoms. The van der Waals surface area contributed by atoms with Crippen LogP contribution in [0.5, 0.6) is 0 Å². The summed E-state index contributed by atoms with van der Waals surface area (Å²) in [6.45, 7) is 6.01. The predicted octanol–water partition coefficient (Wildman–Crippen LogP) is 1.95. The summed E-state index contributed by atoms with van der Waals surface area (Å²) in [5.41, 5.74) is 0.836. The van der Waals surface area contributed by atoms with Gasteiger partial charge in [-0.2, -0.15) is 0 Å². The molecule has 1 heterocycles. The molecule has 0 fully saturated rings. The average molecular weight is 278 g/mol. The number of carbonyl (C=O) groups is 2. The molecule has 1 atom stereocenters. The second kappa shape index (κ2) is 6.88. The first-order valence-corrected chi connectivity index (χ1v) is 6.56. The number of aromatic nitrogens is 1. The van der Waals surface area contributed by atoms with E-state index in [2.05, 4.69) is 15.6 Å². The van der Waals surface area contributed by atoms with Gasteiger partial charge in [0.1, 0.15) is 5.69 Å². The topological polar surface area (TPSA) is 74.3 Å². The molecule has 0 aromatic carbocycles. The second-order valence-corrected chi connectivity index (χ2v) is 5.26. The molecule has 0 saturated heterocycles. The van der Waals surface area contributed by atoms with Crippen molar-refractivity contribution in [1.29, 1.82) is 0 Å². The van der Waals surface area contributed by atoms with E-state index in [-0.39, 0.29) is 18.0 Å². The lowest BCUT2D eigenvalue weighted by Crippen LogP contribution is -2.39. The van der Waals surface area contributed by atoms with E-state index < -0.39 is 0 Å². The summed E-state index contributed by atoms with van der Waals surface area (Å²) in [5, 5.41) is 5.53. The van der Waals surface area contributed by atoms with E-state index in [1.54, 1.807) is 26.2 Å². The van der Waals surface area contributed by atoms with E-state index >= 15 is 0 Å². The van der Waals surface area contributed by atoms with E-state index in [9.17, 15) is 9.59 Å². The van der Waals surface area contributed by atoms with Crippen LogP contribution in [0, 0.1) is 5.92 Å². The molecule has 1 aromatic rings. The molecule has 6 nitrogen and oxygen atoms in total. The Morgan fingerprint density at radius 1 is 1.25 bits per heavy atom. The SMILES string of the molecule is CC(C)[C@@H](C)NC(=O)Nc1ccnc(C(=O)N(C)C)c1. The number of pyridine rings is 1. The number of carbonyl (C=O) groups excluding carboxylic acids is 2. The first-order valence-electron chi connectivity index (χ1n) is 6.56. The molecule has 0 unspecified atom stereocenters. The van der Waals surface area contributed by atoms with Crippen molar-refractivity contribution in [2.75, 3.05) is 19.4 Å². The van der Waals surface area contributed by atoms with Gasteiger partial charge in [-0.1, -0.05) is 13.8 Å². The minimum absolute atomic E-state index is 0.0692. The maximum atomic E-state index is 11.8. The van der Waals surface area contributed by atoms with Gasteiger partial charge < -0.3 is 15.5 Å². The number of anilines is 1. The number of nitrogens with zero attached hydrogens (tertiary/aromatic N) is 2. The van der Waals surface area contributed by atoms with Crippen LogP contribution in [-0.2, 0) is 0 Å². The smallest absolute Gasteiger partial charge is 0.319 e. The molecule has 20 heavy (non-hydrogen) atoms. The Hall–Kier alpha value is -2.11. The van der Waals surface area contributed by atoms with E-state index in [0.717, 1.165) is 0 Å². The monoisotopic (exact) mass is 278 g/mol. The summed E-state index contributed by atoms with van der Waals surface area (Å²) in [7, 11) is 3.31. The summed E-state index contributed by atoms with van der Waals surface area (Å²) in [6, 6.07) is 2.98. The highest BCUT2D eigenvalue weighted by molar-refractivity contribution is 5.95. The Morgan fingerprint density at radius 3 is 2.45 bits per heavy atom. The number of hydrogen-bond acceptors (Lipinski definition) is 3. The Balaban J connectivity index is 2.71. The molecule has 0 radical (unpaired) electrons. The van der Waals surface area contributed by atoms with Gasteiger partial charge in [-0.25, -0.2) is 4.79 Å². The van der Waals surface area contributed by atoms with Gasteiger partial charge in [0.2, 0.25) is 0 Å². The van der Waals surface area contributed by atoms with Gasteiger partial charge in [-0.3, -0.25) is 9.78 Å². The highest BCUT2D eigenvalue weighted by Gasteiger charge is 2.13. The molecular weight excluding hydrogens is 256 g/mol. The molecule has 1 aromatic heterocycles. The summed E-state index contributed by atoms with van der Waals surface area (Å²) >= 11 is 0. The van der Waals surface area contributed by atoms with Crippen molar-refractivity contribution in [3.63, 3.8) is 0 Å². The summed E-state index contributed by atoms with van der Waals surface area (Å²) in [6.07, 6.45) is 1.50. The fraction of sp³-hybridized carbons (Fsp3) is 0.500. The highest BCUT2D eigenvalue weighted by atomic mass is 16.2. The molecule has 0 saturated carbocycles. The number of hydrogen-bond donors (Lipinski definition) is 2. The molecule has 3 amide bonds. The molecule has 110 valence electrons. The van der Waals surface area contributed by atoms with Crippen molar-refractivity contribution in [2.45, 2.75) is 26.8 Å². The van der Waals surface area contributed by atoms with Gasteiger partial charge in [-0.15, -0.1) is 0 Å². The van der Waals surface area contributed by atoms with Gasteiger partial charge in [-0.05, 0) is 25.0 Å². The third-order valence-electron chi connectivity index (χ3n) is 3.00. The van der Waals surface area contributed by atoms with Crippen molar-refractivity contribution in [3.8, 4) is 0 Å². The zero-order chi connectivity index (χ0) is 15.3. The number of rotatable bonds is 4. The highest BCUT2D eigenvalue weighted by Crippen LogP contribution is 2.09. The molecule has 2 N–H and O–H groups in total. The third-order valence-corrected chi connectivity index (χ3v) is 3.00. The molecule has 0 spiro atoms. The molecule has 0 aliphatic rings. The second-order valence-electron chi connectivity index (χ2n) is 5.26. The van der Waals surface area contributed by atoms with Crippen LogP contribution in [-0.4, -0.2) is 42.0 Å². The van der Waals surface area contributed by atoms with Gasteiger partial charge >= 0.3 is 6.03 Å². The van der Waals surface area contributed by atoms with E-state index in [4.69, 9.17) is 0 Å². The maximum Gasteiger partial charge on any atom is 0.319 e. The lowest BCUT2D eigenvalue weighted by Gasteiger charge is -2.18. The van der Waals surface area contributed by atoms with Crippen LogP contribution in [0.4, 0.5) is 10.5 Å². The molecule has 6 heteroatoms. The van der Waals surface area contributed by atoms with Crippen LogP contribution in [0.3, 0.4) is 0 Å². The average Bonchev–Trinajstić information content (AvgIpc) is 2.37. The number of amides is 3. The lowest BCUT2D eigenvalue weighted by molar-refractivity contribution is 0.0822. The first-order chi connectivity index (χ1) is 9.31. The molecule has 0 aliphatic carbocycles.